The Kier molecular flexibility index (Phi) is 4.53. The number of hydrogen-bond acceptors (Lipinski definition) is 4. The lowest BCUT2D eigenvalue weighted by atomic mass is 10.1. The molecule has 1 heterocycles. The fourth-order valence-electron chi connectivity index (χ4n) is 1.79. The average Bonchev–Trinajstić information content (AvgIpc) is 2.85. The van der Waals surface area contributed by atoms with Crippen molar-refractivity contribution in [2.75, 3.05) is 4.72 Å². The molecular weight excluding hydrogens is 362 g/mol. The third-order valence-electron chi connectivity index (χ3n) is 2.77. The van der Waals surface area contributed by atoms with Crippen LogP contribution in [-0.2, 0) is 16.6 Å². The summed E-state index contributed by atoms with van der Waals surface area (Å²) in [5.74, 6) is 0. The molecule has 0 atom stereocenters. The summed E-state index contributed by atoms with van der Waals surface area (Å²) >= 11 is 4.54. The number of aliphatic hydroxyl groups excluding tert-OH is 1. The van der Waals surface area contributed by atoms with Crippen molar-refractivity contribution in [3.8, 4) is 0 Å². The van der Waals surface area contributed by atoms with Gasteiger partial charge >= 0.3 is 0 Å². The number of rotatable bonds is 4. The number of nitrogens with one attached hydrogen (secondary N) is 1. The molecule has 2 aromatic rings. The first-order chi connectivity index (χ1) is 9.33. The van der Waals surface area contributed by atoms with Gasteiger partial charge < -0.3 is 5.11 Å². The first-order valence-electron chi connectivity index (χ1n) is 5.81. The normalized spacial score (nSPS) is 11.6. The highest BCUT2D eigenvalue weighted by molar-refractivity contribution is 9.10. The number of hydrogen-bond donors (Lipinski definition) is 2. The number of sulfonamides is 1. The van der Waals surface area contributed by atoms with Gasteiger partial charge in [-0.15, -0.1) is 11.3 Å². The van der Waals surface area contributed by atoms with Crippen molar-refractivity contribution in [1.82, 2.24) is 0 Å². The fraction of sp³-hybridized carbons (Fsp3) is 0.231. The summed E-state index contributed by atoms with van der Waals surface area (Å²) in [6, 6.07) is 5.02. The second-order valence-corrected chi connectivity index (χ2v) is 8.08. The summed E-state index contributed by atoms with van der Waals surface area (Å²) in [6.07, 6.45) is 0. The highest BCUT2D eigenvalue weighted by atomic mass is 79.9. The van der Waals surface area contributed by atoms with Gasteiger partial charge in [-0.3, -0.25) is 4.72 Å². The lowest BCUT2D eigenvalue weighted by molar-refractivity contribution is 0.282. The van der Waals surface area contributed by atoms with Gasteiger partial charge in [0, 0.05) is 10.2 Å². The largest absolute Gasteiger partial charge is 0.392 e. The molecule has 108 valence electrons. The molecule has 0 spiro atoms. The third kappa shape index (κ3) is 3.22. The molecule has 0 saturated heterocycles. The highest BCUT2D eigenvalue weighted by Gasteiger charge is 2.17. The van der Waals surface area contributed by atoms with Crippen LogP contribution in [0, 0.1) is 13.8 Å². The maximum absolute atomic E-state index is 12.2. The van der Waals surface area contributed by atoms with E-state index < -0.39 is 10.0 Å². The van der Waals surface area contributed by atoms with Crippen LogP contribution in [0.2, 0.25) is 0 Å². The molecule has 0 aliphatic carbocycles. The van der Waals surface area contributed by atoms with Crippen LogP contribution in [0.3, 0.4) is 0 Å². The summed E-state index contributed by atoms with van der Waals surface area (Å²) in [6.45, 7) is 3.65. The Bertz CT molecular complexity index is 715. The van der Waals surface area contributed by atoms with Crippen LogP contribution >= 0.6 is 27.3 Å². The first-order valence-corrected chi connectivity index (χ1v) is 8.97. The van der Waals surface area contributed by atoms with Crippen LogP contribution in [0.25, 0.3) is 0 Å². The molecule has 0 bridgehead atoms. The summed E-state index contributed by atoms with van der Waals surface area (Å²) in [7, 11) is -3.61. The van der Waals surface area contributed by atoms with Gasteiger partial charge in [0.05, 0.1) is 6.61 Å². The van der Waals surface area contributed by atoms with Gasteiger partial charge in [-0.05, 0) is 54.1 Å². The van der Waals surface area contributed by atoms with E-state index >= 15 is 0 Å². The maximum atomic E-state index is 12.2. The van der Waals surface area contributed by atoms with E-state index in [1.807, 2.05) is 13.8 Å². The van der Waals surface area contributed by atoms with E-state index in [1.165, 1.54) is 6.07 Å². The van der Waals surface area contributed by atoms with E-state index in [0.717, 1.165) is 26.9 Å². The van der Waals surface area contributed by atoms with Gasteiger partial charge in [-0.25, -0.2) is 8.42 Å². The molecule has 0 unspecified atom stereocenters. The van der Waals surface area contributed by atoms with Crippen molar-refractivity contribution in [2.24, 2.45) is 0 Å². The summed E-state index contributed by atoms with van der Waals surface area (Å²) < 4.78 is 28.2. The molecule has 0 aliphatic rings. The molecule has 0 saturated carbocycles. The number of benzene rings is 1. The molecule has 1 aromatic heterocycles. The zero-order chi connectivity index (χ0) is 14.9. The third-order valence-corrected chi connectivity index (χ3v) is 6.89. The van der Waals surface area contributed by atoms with E-state index in [2.05, 4.69) is 20.7 Å². The lowest BCUT2D eigenvalue weighted by Gasteiger charge is -2.10. The molecule has 2 rings (SSSR count). The van der Waals surface area contributed by atoms with E-state index in [4.69, 9.17) is 5.11 Å². The van der Waals surface area contributed by atoms with Crippen LogP contribution in [0.4, 0.5) is 5.69 Å². The highest BCUT2D eigenvalue weighted by Crippen LogP contribution is 2.28. The van der Waals surface area contributed by atoms with Crippen LogP contribution in [0.5, 0.6) is 0 Å². The summed E-state index contributed by atoms with van der Waals surface area (Å²) in [4.78, 5) is 0. The van der Waals surface area contributed by atoms with Crippen molar-refractivity contribution < 1.29 is 13.5 Å². The lowest BCUT2D eigenvalue weighted by Crippen LogP contribution is -2.11. The smallest absolute Gasteiger partial charge is 0.271 e. The Morgan fingerprint density at radius 2 is 1.85 bits per heavy atom. The van der Waals surface area contributed by atoms with E-state index in [0.29, 0.717) is 11.3 Å². The van der Waals surface area contributed by atoms with Gasteiger partial charge in [0.25, 0.3) is 10.0 Å². The van der Waals surface area contributed by atoms with Crippen LogP contribution < -0.4 is 4.72 Å². The van der Waals surface area contributed by atoms with Crippen molar-refractivity contribution in [3.05, 3.63) is 44.7 Å². The summed E-state index contributed by atoms with van der Waals surface area (Å²) in [5.41, 5.74) is 3.05. The zero-order valence-electron chi connectivity index (χ0n) is 11.0. The molecule has 1 aromatic carbocycles. The number of aryl methyl sites for hydroxylation is 2. The molecule has 7 heteroatoms. The summed E-state index contributed by atoms with van der Waals surface area (Å²) in [5, 5.41) is 10.6. The molecule has 0 fully saturated rings. The Balaban J connectivity index is 2.33. The second-order valence-electron chi connectivity index (χ2n) is 4.46. The number of aliphatic hydroxyl groups is 1. The van der Waals surface area contributed by atoms with Crippen LogP contribution in [0.15, 0.2) is 32.3 Å². The maximum Gasteiger partial charge on any atom is 0.271 e. The number of thiophene rings is 1. The first kappa shape index (κ1) is 15.5. The van der Waals surface area contributed by atoms with Crippen molar-refractivity contribution in [2.45, 2.75) is 24.7 Å². The van der Waals surface area contributed by atoms with E-state index in [1.54, 1.807) is 17.5 Å². The Hall–Kier alpha value is -0.890. The molecule has 4 nitrogen and oxygen atoms in total. The molecule has 0 amide bonds. The van der Waals surface area contributed by atoms with Gasteiger partial charge in [0.1, 0.15) is 4.21 Å². The molecule has 2 N–H and O–H groups in total. The Labute approximate surface area is 130 Å². The predicted molar refractivity (Wildman–Crippen MR) is 84.7 cm³/mol. The van der Waals surface area contributed by atoms with Gasteiger partial charge in [-0.2, -0.15) is 0 Å². The number of anilines is 1. The van der Waals surface area contributed by atoms with E-state index in [-0.39, 0.29) is 10.8 Å². The SMILES string of the molecule is Cc1cc(NS(=O)(=O)c2cc(CO)cs2)cc(C)c1Br. The molecule has 0 aliphatic heterocycles. The Morgan fingerprint density at radius 1 is 1.25 bits per heavy atom. The van der Waals surface area contributed by atoms with Gasteiger partial charge in [0.2, 0.25) is 0 Å². The fourth-order valence-corrected chi connectivity index (χ4v) is 4.26. The number of halogens is 1. The zero-order valence-corrected chi connectivity index (χ0v) is 14.2. The van der Waals surface area contributed by atoms with Crippen LogP contribution in [0.1, 0.15) is 16.7 Å². The van der Waals surface area contributed by atoms with E-state index in [9.17, 15) is 8.42 Å². The van der Waals surface area contributed by atoms with Crippen LogP contribution in [-0.4, -0.2) is 13.5 Å². The molecule has 20 heavy (non-hydrogen) atoms. The average molecular weight is 376 g/mol. The van der Waals surface area contributed by atoms with Crippen molar-refractivity contribution in [3.63, 3.8) is 0 Å². The van der Waals surface area contributed by atoms with Gasteiger partial charge in [-0.1, -0.05) is 15.9 Å². The molecule has 0 radical (unpaired) electrons. The second kappa shape index (κ2) is 5.85. The van der Waals surface area contributed by atoms with Crippen molar-refractivity contribution >= 4 is 43.0 Å². The van der Waals surface area contributed by atoms with Crippen molar-refractivity contribution in [1.29, 1.82) is 0 Å². The quantitative estimate of drug-likeness (QED) is 0.859. The predicted octanol–water partition coefficient (Wildman–Crippen LogP) is 3.42. The topological polar surface area (TPSA) is 66.4 Å². The minimum Gasteiger partial charge on any atom is -0.392 e. The van der Waals surface area contributed by atoms with Gasteiger partial charge in [0.15, 0.2) is 0 Å². The minimum absolute atomic E-state index is 0.164. The minimum atomic E-state index is -3.61. The molecular formula is C13H14BrNO3S2. The standard InChI is InChI=1S/C13H14BrNO3S2/c1-8-3-11(4-9(2)13(8)14)15-20(17,18)12-5-10(6-16)7-19-12/h3-5,7,15-16H,6H2,1-2H3. The Morgan fingerprint density at radius 3 is 2.35 bits per heavy atom. The monoisotopic (exact) mass is 375 g/mol.